The van der Waals surface area contributed by atoms with Gasteiger partial charge in [-0.05, 0) is 137 Å². The molecule has 7 aromatic rings. The van der Waals surface area contributed by atoms with Gasteiger partial charge >= 0.3 is 0 Å². The number of fused-ring (bicyclic) bond motifs is 8. The maximum Gasteiger partial charge on any atom is 0.295 e. The number of nitrogens with one attached hydrogen (secondary N) is 2. The van der Waals surface area contributed by atoms with Gasteiger partial charge < -0.3 is 9.97 Å². The van der Waals surface area contributed by atoms with E-state index < -0.39 is 0 Å². The predicted molar refractivity (Wildman–Crippen MR) is 327 cm³/mol. The van der Waals surface area contributed by atoms with E-state index >= 15 is 0 Å². The van der Waals surface area contributed by atoms with Gasteiger partial charge in [0.1, 0.15) is 5.52 Å². The molecule has 0 spiro atoms. The van der Waals surface area contributed by atoms with E-state index in [0.717, 1.165) is 77.0 Å². The zero-order chi connectivity index (χ0) is 55.4. The van der Waals surface area contributed by atoms with Crippen LogP contribution in [-0.4, -0.2) is 24.9 Å². The van der Waals surface area contributed by atoms with E-state index in [2.05, 4.69) is 235 Å². The molecule has 0 saturated carbocycles. The van der Waals surface area contributed by atoms with E-state index in [1.807, 2.05) is 30.3 Å². The zero-order valence-corrected chi connectivity index (χ0v) is 49.7. The van der Waals surface area contributed by atoms with Gasteiger partial charge in [-0.25, -0.2) is 9.97 Å². The average Bonchev–Trinajstić information content (AvgIpc) is 4.15. The van der Waals surface area contributed by atoms with E-state index in [0.29, 0.717) is 28.0 Å². The van der Waals surface area contributed by atoms with Crippen molar-refractivity contribution in [2.75, 3.05) is 0 Å². The van der Waals surface area contributed by atoms with Crippen LogP contribution in [0.15, 0.2) is 102 Å². The molecule has 9 rings (SSSR count). The molecule has 0 unspecified atom stereocenters. The molecule has 5 heterocycles. The summed E-state index contributed by atoms with van der Waals surface area (Å²) in [5.41, 5.74) is 18.6. The van der Waals surface area contributed by atoms with E-state index in [9.17, 15) is 10.1 Å². The Labute approximate surface area is 459 Å². The predicted octanol–water partition coefficient (Wildman–Crippen LogP) is 19.8. The van der Waals surface area contributed by atoms with Gasteiger partial charge in [-0.1, -0.05) is 207 Å². The maximum atomic E-state index is 13.8. The minimum Gasteiger partial charge on any atom is -0.354 e. The number of halogens is 1. The molecule has 8 bridgehead atoms. The van der Waals surface area contributed by atoms with Gasteiger partial charge in [0.2, 0.25) is 0 Å². The first-order chi connectivity index (χ1) is 35.1. The van der Waals surface area contributed by atoms with Crippen LogP contribution in [0.3, 0.4) is 0 Å². The number of aromatic nitrogens is 4. The lowest BCUT2D eigenvalue weighted by Gasteiger charge is -2.26. The molecule has 2 N–H and O–H groups in total. The van der Waals surface area contributed by atoms with Crippen molar-refractivity contribution >= 4 is 68.0 Å². The topological polar surface area (TPSA) is 100 Å². The Morgan fingerprint density at radius 2 is 0.684 bits per heavy atom. The molecule has 76 heavy (non-hydrogen) atoms. The number of hydrogen-bond acceptors (Lipinski definition) is 4. The monoisotopic (exact) mass is 1070 g/mol. The highest BCUT2D eigenvalue weighted by Crippen LogP contribution is 2.45. The molecule has 0 saturated heterocycles. The lowest BCUT2D eigenvalue weighted by Crippen LogP contribution is -2.16. The van der Waals surface area contributed by atoms with Crippen LogP contribution >= 0.6 is 15.9 Å². The Hall–Kier alpha value is -6.64. The number of nitro groups is 1. The zero-order valence-electron chi connectivity index (χ0n) is 48.1. The standard InChI is InChI=1S/C68H76BrN5O2/c1-63(2,3)43-29-40(30-44(35-43)64(4,5)6)59-51-24-23-50(70-51)58(39-19-21-49(69)22-20-39)56-38-57(74(75)76)62(73-56)61(42-33-47(67(13,14)15)37-48(34-42)68(16,17)18)55-28-27-54(72-55)60(53-26-25-52(59)71-53)41-31-45(65(7,8)9)36-46(32-41)66(10,11)12/h19-38,71,73H,1-18H3. The molecule has 0 aliphatic carbocycles. The summed E-state index contributed by atoms with van der Waals surface area (Å²) in [4.78, 5) is 32.6. The summed E-state index contributed by atoms with van der Waals surface area (Å²) >= 11 is 3.67. The Morgan fingerprint density at radius 3 is 1.00 bits per heavy atom. The molecule has 2 aliphatic rings. The van der Waals surface area contributed by atoms with E-state index in [1.54, 1.807) is 6.07 Å². The van der Waals surface area contributed by atoms with Crippen molar-refractivity contribution in [3.05, 3.63) is 168 Å². The van der Waals surface area contributed by atoms with Gasteiger partial charge in [-0.2, -0.15) is 0 Å². The average molecular weight is 1080 g/mol. The largest absolute Gasteiger partial charge is 0.354 e. The van der Waals surface area contributed by atoms with Gasteiger partial charge in [-0.15, -0.1) is 0 Å². The molecule has 3 aromatic heterocycles. The summed E-state index contributed by atoms with van der Waals surface area (Å²) in [6, 6.07) is 34.9. The van der Waals surface area contributed by atoms with Crippen LogP contribution in [-0.2, 0) is 32.5 Å². The highest BCUT2D eigenvalue weighted by molar-refractivity contribution is 9.10. The van der Waals surface area contributed by atoms with Crippen molar-refractivity contribution in [1.29, 1.82) is 0 Å². The number of benzene rings is 4. The fourth-order valence-electron chi connectivity index (χ4n) is 10.2. The number of H-pyrrole nitrogens is 2. The molecule has 8 heteroatoms. The van der Waals surface area contributed by atoms with Gasteiger partial charge in [0.15, 0.2) is 0 Å². The quantitative estimate of drug-likeness (QED) is 0.132. The van der Waals surface area contributed by atoms with Crippen molar-refractivity contribution < 1.29 is 4.92 Å². The fraction of sp³-hybridized carbons (Fsp3) is 0.353. The Balaban J connectivity index is 1.57. The summed E-state index contributed by atoms with van der Waals surface area (Å²) in [6.45, 7) is 40.5. The molecule has 392 valence electrons. The first-order valence-electron chi connectivity index (χ1n) is 26.7. The van der Waals surface area contributed by atoms with Gasteiger partial charge in [0.05, 0.1) is 33.2 Å². The summed E-state index contributed by atoms with van der Waals surface area (Å²) in [5, 5.41) is 13.8. The van der Waals surface area contributed by atoms with Crippen molar-refractivity contribution in [3.63, 3.8) is 0 Å². The van der Waals surface area contributed by atoms with Gasteiger partial charge in [-0.3, -0.25) is 10.1 Å². The molecule has 2 aliphatic heterocycles. The molecule has 7 nitrogen and oxygen atoms in total. The number of nitrogens with zero attached hydrogens (tertiary/aromatic N) is 3. The molecule has 0 amide bonds. The lowest BCUT2D eigenvalue weighted by atomic mass is 9.78. The van der Waals surface area contributed by atoms with E-state index in [1.165, 1.54) is 22.3 Å². The number of rotatable bonds is 5. The van der Waals surface area contributed by atoms with Crippen LogP contribution < -0.4 is 0 Å². The van der Waals surface area contributed by atoms with Crippen molar-refractivity contribution in [2.24, 2.45) is 0 Å². The smallest absolute Gasteiger partial charge is 0.295 e. The Kier molecular flexibility index (Phi) is 13.4. The van der Waals surface area contributed by atoms with Crippen molar-refractivity contribution in [1.82, 2.24) is 19.9 Å². The first kappa shape index (κ1) is 54.2. The molecular formula is C68H76BrN5O2. The molecule has 4 aromatic carbocycles. The second-order valence-corrected chi connectivity index (χ2v) is 28.2. The van der Waals surface area contributed by atoms with Gasteiger partial charge in [0, 0.05) is 43.8 Å². The molecule has 0 fully saturated rings. The van der Waals surface area contributed by atoms with Crippen LogP contribution in [0.25, 0.3) is 90.9 Å². The van der Waals surface area contributed by atoms with Crippen LogP contribution in [0.2, 0.25) is 0 Å². The normalized spacial score (nSPS) is 13.5. The van der Waals surface area contributed by atoms with Gasteiger partial charge in [0.25, 0.3) is 5.69 Å². The van der Waals surface area contributed by atoms with Crippen LogP contribution in [0.1, 0.15) is 181 Å². The Bertz CT molecular complexity index is 3630. The highest BCUT2D eigenvalue weighted by atomic mass is 79.9. The van der Waals surface area contributed by atoms with Crippen molar-refractivity contribution in [3.8, 4) is 44.5 Å². The van der Waals surface area contributed by atoms with Crippen LogP contribution in [0, 0.1) is 10.1 Å². The third-order valence-electron chi connectivity index (χ3n) is 15.0. The minimum absolute atomic E-state index is 0.0508. The summed E-state index contributed by atoms with van der Waals surface area (Å²) in [5.74, 6) is 0. The molecular weight excluding hydrogens is 999 g/mol. The SMILES string of the molecule is CC(C)(C)c1cc(-c2c3nc(c(-c4ccc(Br)cc4)c4cc([N+](=O)[O-])c([nH]4)c(-c4cc(C(C)(C)C)cc(C(C)(C)C)c4)c4nc(c(-c5cc(C(C)(C)C)cc(C(C)(C)C)c5)c5ccc2[nH]5)C=C4)C=C3)cc(C(C)(C)C)c1. The molecule has 0 radical (unpaired) electrons. The molecule has 0 atom stereocenters. The Morgan fingerprint density at radius 1 is 0.382 bits per heavy atom. The highest BCUT2D eigenvalue weighted by Gasteiger charge is 2.30. The first-order valence-corrected chi connectivity index (χ1v) is 27.5. The number of aromatic amines is 2. The minimum atomic E-state index is -0.265. The maximum absolute atomic E-state index is 13.8. The summed E-state index contributed by atoms with van der Waals surface area (Å²) in [7, 11) is 0. The second-order valence-electron chi connectivity index (χ2n) is 27.3. The van der Waals surface area contributed by atoms with Crippen LogP contribution in [0.5, 0.6) is 0 Å². The van der Waals surface area contributed by atoms with Crippen molar-refractivity contribution in [2.45, 2.75) is 157 Å². The third-order valence-corrected chi connectivity index (χ3v) is 15.6. The lowest BCUT2D eigenvalue weighted by molar-refractivity contribution is -0.382. The van der Waals surface area contributed by atoms with E-state index in [-0.39, 0.29) is 43.1 Å². The summed E-state index contributed by atoms with van der Waals surface area (Å²) in [6.07, 6.45) is 8.29. The fourth-order valence-corrected chi connectivity index (χ4v) is 10.4. The summed E-state index contributed by atoms with van der Waals surface area (Å²) < 4.78 is 0.920. The van der Waals surface area contributed by atoms with E-state index in [4.69, 9.17) is 9.97 Å². The van der Waals surface area contributed by atoms with Crippen LogP contribution in [0.4, 0.5) is 5.69 Å². The third kappa shape index (κ3) is 10.7. The second kappa shape index (κ2) is 18.8. The number of hydrogen-bond donors (Lipinski definition) is 2.